The van der Waals surface area contributed by atoms with Crippen LogP contribution in [0.5, 0.6) is 0 Å². The van der Waals surface area contributed by atoms with Gasteiger partial charge in [0.15, 0.2) is 0 Å². The van der Waals surface area contributed by atoms with Gasteiger partial charge in [0, 0.05) is 34.0 Å². The van der Waals surface area contributed by atoms with Crippen molar-refractivity contribution >= 4 is 52.6 Å². The Morgan fingerprint density at radius 3 is 1.87 bits per heavy atom. The van der Waals surface area contributed by atoms with E-state index in [2.05, 4.69) is 16.0 Å². The van der Waals surface area contributed by atoms with E-state index in [9.17, 15) is 24.5 Å². The second-order valence-electron chi connectivity index (χ2n) is 10.4. The Morgan fingerprint density at radius 1 is 0.702 bits per heavy atom. The first-order valence-electron chi connectivity index (χ1n) is 14.6. The number of hydrogen-bond acceptors (Lipinski definition) is 6. The van der Waals surface area contributed by atoms with Gasteiger partial charge in [0.1, 0.15) is 5.70 Å². The fourth-order valence-corrected chi connectivity index (χ4v) is 5.36. The van der Waals surface area contributed by atoms with Gasteiger partial charge >= 0.3 is 0 Å². The average Bonchev–Trinajstić information content (AvgIpc) is 3.10. The quantitative estimate of drug-likeness (QED) is 0.0584. The molecule has 5 aromatic carbocycles. The fraction of sp³-hybridized carbons (Fsp3) is 0.0541. The molecule has 234 valence electrons. The lowest BCUT2D eigenvalue weighted by Gasteiger charge is -2.14. The Balaban J connectivity index is 1.26. The smallest absolute Gasteiger partial charge is 0.272 e. The summed E-state index contributed by atoms with van der Waals surface area (Å²) in [6, 6.07) is 38.9. The summed E-state index contributed by atoms with van der Waals surface area (Å²) in [5, 5.41) is 18.7. The molecule has 0 spiro atoms. The van der Waals surface area contributed by atoms with Crippen molar-refractivity contribution in [3.63, 3.8) is 0 Å². The Hall–Kier alpha value is -6.00. The van der Waals surface area contributed by atoms with Crippen LogP contribution in [0, 0.1) is 10.1 Å². The van der Waals surface area contributed by atoms with Gasteiger partial charge < -0.3 is 16.0 Å². The molecule has 0 saturated carbocycles. The first-order chi connectivity index (χ1) is 22.7. The molecule has 3 N–H and O–H groups in total. The molecule has 0 radical (unpaired) electrons. The Kier molecular flexibility index (Phi) is 10.6. The summed E-state index contributed by atoms with van der Waals surface area (Å²) >= 11 is 1.32. The van der Waals surface area contributed by atoms with Crippen molar-refractivity contribution in [3.8, 4) is 11.1 Å². The second-order valence-corrected chi connectivity index (χ2v) is 11.8. The van der Waals surface area contributed by atoms with Crippen molar-refractivity contribution in [2.24, 2.45) is 0 Å². The number of anilines is 2. The minimum Gasteiger partial charge on any atom is -0.325 e. The zero-order valence-electron chi connectivity index (χ0n) is 25.3. The summed E-state index contributed by atoms with van der Waals surface area (Å²) in [6.45, 7) is 1.75. The number of non-ortho nitro benzene ring substituents is 1. The van der Waals surface area contributed by atoms with Crippen molar-refractivity contribution in [1.82, 2.24) is 5.32 Å². The van der Waals surface area contributed by atoms with Crippen molar-refractivity contribution < 1.29 is 19.3 Å². The summed E-state index contributed by atoms with van der Waals surface area (Å²) in [5.74, 6) is -1.18. The highest BCUT2D eigenvalue weighted by molar-refractivity contribution is 8.00. The second kappa shape index (κ2) is 15.3. The molecule has 3 amide bonds. The zero-order valence-corrected chi connectivity index (χ0v) is 26.1. The zero-order chi connectivity index (χ0) is 33.2. The molecule has 5 rings (SSSR count). The molecule has 0 aromatic heterocycles. The van der Waals surface area contributed by atoms with E-state index < -0.39 is 22.0 Å². The molecule has 1 atom stereocenters. The van der Waals surface area contributed by atoms with Gasteiger partial charge in [-0.05, 0) is 78.2 Å². The third-order valence-electron chi connectivity index (χ3n) is 7.00. The number of rotatable bonds is 11. The van der Waals surface area contributed by atoms with E-state index in [4.69, 9.17) is 0 Å². The topological polar surface area (TPSA) is 130 Å². The van der Waals surface area contributed by atoms with Gasteiger partial charge in [-0.1, -0.05) is 72.8 Å². The highest BCUT2D eigenvalue weighted by Crippen LogP contribution is 2.26. The molecular weight excluding hydrogens is 612 g/mol. The van der Waals surface area contributed by atoms with E-state index in [-0.39, 0.29) is 17.3 Å². The van der Waals surface area contributed by atoms with Crippen molar-refractivity contribution in [1.29, 1.82) is 0 Å². The molecule has 0 aliphatic rings. The summed E-state index contributed by atoms with van der Waals surface area (Å²) in [5.41, 5.74) is 4.22. The fourth-order valence-electron chi connectivity index (χ4n) is 4.49. The normalized spacial score (nSPS) is 11.6. The van der Waals surface area contributed by atoms with Crippen LogP contribution in [0.25, 0.3) is 17.2 Å². The first-order valence-corrected chi connectivity index (χ1v) is 15.5. The highest BCUT2D eigenvalue weighted by Gasteiger charge is 2.17. The maximum atomic E-state index is 13.5. The van der Waals surface area contributed by atoms with E-state index in [0.717, 1.165) is 21.6 Å². The van der Waals surface area contributed by atoms with Gasteiger partial charge in [0.2, 0.25) is 5.91 Å². The van der Waals surface area contributed by atoms with Crippen LogP contribution >= 0.6 is 11.8 Å². The Labute approximate surface area is 275 Å². The molecule has 1 unspecified atom stereocenters. The van der Waals surface area contributed by atoms with Gasteiger partial charge in [-0.3, -0.25) is 24.5 Å². The number of nitrogens with zero attached hydrogens (tertiary/aromatic N) is 1. The highest BCUT2D eigenvalue weighted by atomic mass is 32.2. The standard InChI is InChI=1S/C37H30N4O5S/c1-25(35(42)38-30-16-20-32(21-17-30)41(45)46)47-33-22-18-31(19-23-33)39-37(44)34(40-36(43)29-10-6-3-7-11-29)24-26-12-14-28(15-13-26)27-8-4-2-5-9-27/h2-25H,1H3,(H,38,42)(H,39,44)(H,40,43)/b34-24-. The maximum Gasteiger partial charge on any atom is 0.272 e. The SMILES string of the molecule is CC(Sc1ccc(NC(=O)/C(=C/c2ccc(-c3ccccc3)cc2)NC(=O)c2ccccc2)cc1)C(=O)Nc1ccc([N+](=O)[O-])cc1. The molecule has 0 heterocycles. The molecule has 9 nitrogen and oxygen atoms in total. The number of hydrogen-bond donors (Lipinski definition) is 3. The molecule has 0 saturated heterocycles. The molecule has 10 heteroatoms. The van der Waals surface area contributed by atoms with Crippen LogP contribution in [0.2, 0.25) is 0 Å². The lowest BCUT2D eigenvalue weighted by molar-refractivity contribution is -0.384. The predicted molar refractivity (Wildman–Crippen MR) is 186 cm³/mol. The summed E-state index contributed by atoms with van der Waals surface area (Å²) < 4.78 is 0. The van der Waals surface area contributed by atoms with Crippen LogP contribution in [-0.4, -0.2) is 27.9 Å². The number of benzene rings is 5. The summed E-state index contributed by atoms with van der Waals surface area (Å²) in [7, 11) is 0. The third-order valence-corrected chi connectivity index (χ3v) is 8.11. The lowest BCUT2D eigenvalue weighted by atomic mass is 10.0. The van der Waals surface area contributed by atoms with Gasteiger partial charge in [-0.15, -0.1) is 11.8 Å². The van der Waals surface area contributed by atoms with Gasteiger partial charge in [-0.2, -0.15) is 0 Å². The van der Waals surface area contributed by atoms with E-state index in [1.807, 2.05) is 60.7 Å². The van der Waals surface area contributed by atoms with Gasteiger partial charge in [-0.25, -0.2) is 0 Å². The van der Waals surface area contributed by atoms with E-state index in [1.165, 1.54) is 36.0 Å². The molecule has 47 heavy (non-hydrogen) atoms. The molecule has 0 fully saturated rings. The number of carbonyl (C=O) groups excluding carboxylic acids is 3. The largest absolute Gasteiger partial charge is 0.325 e. The van der Waals surface area contributed by atoms with Crippen LogP contribution in [0.4, 0.5) is 17.1 Å². The van der Waals surface area contributed by atoms with Crippen LogP contribution < -0.4 is 16.0 Å². The molecule has 0 bridgehead atoms. The minimum absolute atomic E-state index is 0.0590. The maximum absolute atomic E-state index is 13.5. The average molecular weight is 643 g/mol. The third kappa shape index (κ3) is 9.03. The van der Waals surface area contributed by atoms with Crippen LogP contribution in [0.3, 0.4) is 0 Å². The number of nitrogens with one attached hydrogen (secondary N) is 3. The van der Waals surface area contributed by atoms with Crippen molar-refractivity contribution in [3.05, 3.63) is 160 Å². The molecule has 0 aliphatic heterocycles. The molecule has 0 aliphatic carbocycles. The van der Waals surface area contributed by atoms with Gasteiger partial charge in [0.05, 0.1) is 10.2 Å². The molecule has 5 aromatic rings. The predicted octanol–water partition coefficient (Wildman–Crippen LogP) is 7.79. The van der Waals surface area contributed by atoms with Gasteiger partial charge in [0.25, 0.3) is 17.5 Å². The number of nitro benzene ring substituents is 1. The van der Waals surface area contributed by atoms with Crippen LogP contribution in [0.15, 0.2) is 144 Å². The summed E-state index contributed by atoms with van der Waals surface area (Å²) in [4.78, 5) is 50.3. The number of amides is 3. The van der Waals surface area contributed by atoms with E-state index in [0.29, 0.717) is 16.9 Å². The number of thioether (sulfide) groups is 1. The minimum atomic E-state index is -0.502. The summed E-state index contributed by atoms with van der Waals surface area (Å²) in [6.07, 6.45) is 1.63. The Morgan fingerprint density at radius 2 is 1.26 bits per heavy atom. The van der Waals surface area contributed by atoms with Crippen LogP contribution in [0.1, 0.15) is 22.8 Å². The number of carbonyl (C=O) groups is 3. The Bertz CT molecular complexity index is 1900. The van der Waals surface area contributed by atoms with Crippen LogP contribution in [-0.2, 0) is 9.59 Å². The monoisotopic (exact) mass is 642 g/mol. The number of nitro groups is 1. The van der Waals surface area contributed by atoms with Crippen molar-refractivity contribution in [2.45, 2.75) is 17.1 Å². The first kappa shape index (κ1) is 32.4. The lowest BCUT2D eigenvalue weighted by Crippen LogP contribution is -2.30. The van der Waals surface area contributed by atoms with E-state index >= 15 is 0 Å². The molecular formula is C37H30N4O5S. The van der Waals surface area contributed by atoms with Crippen molar-refractivity contribution in [2.75, 3.05) is 10.6 Å². The van der Waals surface area contributed by atoms with E-state index in [1.54, 1.807) is 61.5 Å².